The summed E-state index contributed by atoms with van der Waals surface area (Å²) in [5.74, 6) is 0.651. The summed E-state index contributed by atoms with van der Waals surface area (Å²) >= 11 is 6.03. The molecular formula is C12H15ClN2O. The molecule has 0 aromatic heterocycles. The van der Waals surface area contributed by atoms with E-state index in [1.54, 1.807) is 7.11 Å². The van der Waals surface area contributed by atoms with E-state index in [2.05, 4.69) is 6.07 Å². The zero-order chi connectivity index (χ0) is 12.1. The van der Waals surface area contributed by atoms with Crippen LogP contribution in [0.15, 0.2) is 18.2 Å². The van der Waals surface area contributed by atoms with Crippen LogP contribution >= 0.6 is 11.6 Å². The van der Waals surface area contributed by atoms with E-state index < -0.39 is 0 Å². The van der Waals surface area contributed by atoms with Crippen molar-refractivity contribution in [1.82, 2.24) is 0 Å². The summed E-state index contributed by atoms with van der Waals surface area (Å²) in [6.45, 7) is 2.57. The number of methoxy groups -OCH3 is 1. The molecule has 4 heteroatoms. The second-order valence-corrected chi connectivity index (χ2v) is 4.14. The van der Waals surface area contributed by atoms with Gasteiger partial charge in [0.05, 0.1) is 24.1 Å². The minimum atomic E-state index is -0.00845. The van der Waals surface area contributed by atoms with Gasteiger partial charge in [0.15, 0.2) is 0 Å². The van der Waals surface area contributed by atoms with Gasteiger partial charge in [-0.3, -0.25) is 0 Å². The highest BCUT2D eigenvalue weighted by Gasteiger charge is 2.08. The second-order valence-electron chi connectivity index (χ2n) is 3.73. The topological polar surface area (TPSA) is 36.3 Å². The third kappa shape index (κ3) is 3.04. The van der Waals surface area contributed by atoms with Crippen molar-refractivity contribution < 1.29 is 4.74 Å². The molecular weight excluding hydrogens is 224 g/mol. The SMILES string of the molecule is COc1ccc(N(C)CC(C)C#N)cc1Cl. The van der Waals surface area contributed by atoms with E-state index in [0.29, 0.717) is 17.3 Å². The molecule has 0 fully saturated rings. The monoisotopic (exact) mass is 238 g/mol. The van der Waals surface area contributed by atoms with E-state index in [4.69, 9.17) is 21.6 Å². The smallest absolute Gasteiger partial charge is 0.137 e. The van der Waals surface area contributed by atoms with Crippen LogP contribution in [0.5, 0.6) is 5.75 Å². The first kappa shape index (κ1) is 12.7. The van der Waals surface area contributed by atoms with E-state index in [0.717, 1.165) is 5.69 Å². The van der Waals surface area contributed by atoms with Gasteiger partial charge in [-0.1, -0.05) is 11.6 Å². The summed E-state index contributed by atoms with van der Waals surface area (Å²) in [5.41, 5.74) is 0.980. The molecule has 1 aromatic rings. The van der Waals surface area contributed by atoms with Crippen molar-refractivity contribution in [3.8, 4) is 11.8 Å². The first-order chi connectivity index (χ1) is 7.58. The summed E-state index contributed by atoms with van der Waals surface area (Å²) in [6.07, 6.45) is 0. The maximum atomic E-state index is 8.74. The summed E-state index contributed by atoms with van der Waals surface area (Å²) in [6, 6.07) is 7.79. The Morgan fingerprint density at radius 2 is 2.25 bits per heavy atom. The number of hydrogen-bond acceptors (Lipinski definition) is 3. The van der Waals surface area contributed by atoms with Gasteiger partial charge in [0.2, 0.25) is 0 Å². The fourth-order valence-corrected chi connectivity index (χ4v) is 1.70. The number of benzene rings is 1. The third-order valence-electron chi connectivity index (χ3n) is 2.34. The highest BCUT2D eigenvalue weighted by Crippen LogP contribution is 2.28. The molecule has 0 aliphatic rings. The Morgan fingerprint density at radius 1 is 1.56 bits per heavy atom. The molecule has 0 N–H and O–H groups in total. The second kappa shape index (κ2) is 5.62. The van der Waals surface area contributed by atoms with Gasteiger partial charge in [-0.25, -0.2) is 0 Å². The molecule has 0 aliphatic carbocycles. The number of nitrogens with zero attached hydrogens (tertiary/aromatic N) is 2. The van der Waals surface area contributed by atoms with Crippen LogP contribution in [0.25, 0.3) is 0 Å². The maximum absolute atomic E-state index is 8.74. The molecule has 0 aliphatic heterocycles. The van der Waals surface area contributed by atoms with Gasteiger partial charge in [-0.05, 0) is 25.1 Å². The molecule has 0 radical (unpaired) electrons. The molecule has 0 amide bonds. The lowest BCUT2D eigenvalue weighted by Crippen LogP contribution is -2.23. The van der Waals surface area contributed by atoms with Crippen LogP contribution in [0, 0.1) is 17.2 Å². The first-order valence-electron chi connectivity index (χ1n) is 5.02. The lowest BCUT2D eigenvalue weighted by atomic mass is 10.2. The van der Waals surface area contributed by atoms with Gasteiger partial charge >= 0.3 is 0 Å². The molecule has 0 heterocycles. The van der Waals surface area contributed by atoms with Crippen LogP contribution in [0.1, 0.15) is 6.92 Å². The molecule has 1 aromatic carbocycles. The van der Waals surface area contributed by atoms with Crippen LogP contribution in [0.2, 0.25) is 5.02 Å². The average Bonchev–Trinajstić information content (AvgIpc) is 2.28. The summed E-state index contributed by atoms with van der Waals surface area (Å²) in [4.78, 5) is 2.00. The molecule has 3 nitrogen and oxygen atoms in total. The lowest BCUT2D eigenvalue weighted by molar-refractivity contribution is 0.415. The normalized spacial score (nSPS) is 11.7. The zero-order valence-corrected chi connectivity index (χ0v) is 10.5. The van der Waals surface area contributed by atoms with Gasteiger partial charge in [0.25, 0.3) is 0 Å². The highest BCUT2D eigenvalue weighted by atomic mass is 35.5. The molecule has 0 saturated heterocycles. The molecule has 86 valence electrons. The van der Waals surface area contributed by atoms with Crippen molar-refractivity contribution >= 4 is 17.3 Å². The third-order valence-corrected chi connectivity index (χ3v) is 2.64. The minimum absolute atomic E-state index is 0.00845. The molecule has 0 saturated carbocycles. The van der Waals surface area contributed by atoms with Gasteiger partial charge in [0, 0.05) is 19.3 Å². The summed E-state index contributed by atoms with van der Waals surface area (Å²) in [7, 11) is 3.52. The predicted octanol–water partition coefficient (Wildman–Crippen LogP) is 2.94. The Bertz CT molecular complexity index is 400. The molecule has 0 bridgehead atoms. The quantitative estimate of drug-likeness (QED) is 0.809. The van der Waals surface area contributed by atoms with Crippen molar-refractivity contribution in [3.05, 3.63) is 23.2 Å². The zero-order valence-electron chi connectivity index (χ0n) is 9.70. The van der Waals surface area contributed by atoms with Crippen LogP contribution in [-0.2, 0) is 0 Å². The Balaban J connectivity index is 2.81. The predicted molar refractivity (Wildman–Crippen MR) is 66.1 cm³/mol. The largest absolute Gasteiger partial charge is 0.495 e. The summed E-state index contributed by atoms with van der Waals surface area (Å²) < 4.78 is 5.08. The number of anilines is 1. The van der Waals surface area contributed by atoms with Gasteiger partial charge < -0.3 is 9.64 Å². The fourth-order valence-electron chi connectivity index (χ4n) is 1.45. The Hall–Kier alpha value is -1.40. The van der Waals surface area contributed by atoms with E-state index in [1.165, 1.54) is 0 Å². The number of hydrogen-bond donors (Lipinski definition) is 0. The minimum Gasteiger partial charge on any atom is -0.495 e. The number of rotatable bonds is 4. The molecule has 0 spiro atoms. The van der Waals surface area contributed by atoms with Crippen molar-refractivity contribution in [2.75, 3.05) is 25.6 Å². The lowest BCUT2D eigenvalue weighted by Gasteiger charge is -2.21. The maximum Gasteiger partial charge on any atom is 0.137 e. The van der Waals surface area contributed by atoms with Crippen molar-refractivity contribution in [2.45, 2.75) is 6.92 Å². The average molecular weight is 239 g/mol. The van der Waals surface area contributed by atoms with E-state index >= 15 is 0 Å². The van der Waals surface area contributed by atoms with Crippen LogP contribution in [0.3, 0.4) is 0 Å². The standard InChI is InChI=1S/C12H15ClN2O/c1-9(7-14)8-15(2)10-4-5-12(16-3)11(13)6-10/h4-6,9H,8H2,1-3H3. The Labute approximate surface area is 101 Å². The Kier molecular flexibility index (Phi) is 4.45. The van der Waals surface area contributed by atoms with Gasteiger partial charge in [-0.2, -0.15) is 5.26 Å². The molecule has 16 heavy (non-hydrogen) atoms. The van der Waals surface area contributed by atoms with Crippen LogP contribution < -0.4 is 9.64 Å². The fraction of sp³-hybridized carbons (Fsp3) is 0.417. The summed E-state index contributed by atoms with van der Waals surface area (Å²) in [5, 5.41) is 9.32. The van der Waals surface area contributed by atoms with Crippen LogP contribution in [0.4, 0.5) is 5.69 Å². The van der Waals surface area contributed by atoms with E-state index in [-0.39, 0.29) is 5.92 Å². The molecule has 1 unspecified atom stereocenters. The van der Waals surface area contributed by atoms with E-state index in [9.17, 15) is 0 Å². The van der Waals surface area contributed by atoms with Crippen molar-refractivity contribution in [1.29, 1.82) is 5.26 Å². The van der Waals surface area contributed by atoms with Crippen molar-refractivity contribution in [3.63, 3.8) is 0 Å². The number of ether oxygens (including phenoxy) is 1. The number of halogens is 1. The van der Waals surface area contributed by atoms with Gasteiger partial charge in [0.1, 0.15) is 5.75 Å². The van der Waals surface area contributed by atoms with E-state index in [1.807, 2.05) is 37.1 Å². The van der Waals surface area contributed by atoms with Crippen LogP contribution in [-0.4, -0.2) is 20.7 Å². The Morgan fingerprint density at radius 3 is 2.75 bits per heavy atom. The first-order valence-corrected chi connectivity index (χ1v) is 5.40. The van der Waals surface area contributed by atoms with Gasteiger partial charge in [-0.15, -0.1) is 0 Å². The molecule has 1 atom stereocenters. The molecule has 1 rings (SSSR count). The highest BCUT2D eigenvalue weighted by molar-refractivity contribution is 6.32. The number of nitriles is 1. The van der Waals surface area contributed by atoms with Crippen molar-refractivity contribution in [2.24, 2.45) is 5.92 Å².